The van der Waals surface area contributed by atoms with Gasteiger partial charge in [-0.15, -0.1) is 0 Å². The number of carbonyl (C=O) groups excluding carboxylic acids is 1. The minimum absolute atomic E-state index is 0.169. The Morgan fingerprint density at radius 2 is 2.06 bits per heavy atom. The highest BCUT2D eigenvalue weighted by Crippen LogP contribution is 2.21. The number of rotatable bonds is 2. The summed E-state index contributed by atoms with van der Waals surface area (Å²) in [6.07, 6.45) is 1.20. The number of aliphatic hydroxyl groups excluding tert-OH is 1. The third-order valence-corrected chi connectivity index (χ3v) is 3.47. The largest absolute Gasteiger partial charge is 0.480 e. The van der Waals surface area contributed by atoms with Crippen molar-refractivity contribution in [2.75, 3.05) is 32.9 Å². The van der Waals surface area contributed by atoms with E-state index >= 15 is 0 Å². The molecule has 2 N–H and O–H groups in total. The van der Waals surface area contributed by atoms with Crippen molar-refractivity contribution in [2.45, 2.75) is 24.9 Å². The fourth-order valence-corrected chi connectivity index (χ4v) is 2.48. The van der Waals surface area contributed by atoms with Crippen LogP contribution in [0.3, 0.4) is 0 Å². The quantitative estimate of drug-likeness (QED) is 0.687. The van der Waals surface area contributed by atoms with Crippen LogP contribution in [-0.2, 0) is 9.53 Å². The highest BCUT2D eigenvalue weighted by atomic mass is 16.5. The number of nitrogens with zero attached hydrogens (tertiary/aromatic N) is 2. The van der Waals surface area contributed by atoms with Crippen LogP contribution in [0, 0.1) is 0 Å². The van der Waals surface area contributed by atoms with Gasteiger partial charge in [0.25, 0.3) is 0 Å². The van der Waals surface area contributed by atoms with Gasteiger partial charge in [-0.25, -0.2) is 9.59 Å². The van der Waals surface area contributed by atoms with Crippen molar-refractivity contribution in [1.82, 2.24) is 9.80 Å². The summed E-state index contributed by atoms with van der Waals surface area (Å²) in [5, 5.41) is 18.3. The third kappa shape index (κ3) is 2.41. The summed E-state index contributed by atoms with van der Waals surface area (Å²) in [6, 6.07) is -1.41. The van der Waals surface area contributed by atoms with E-state index in [1.807, 2.05) is 0 Å². The number of hydrogen-bond donors (Lipinski definition) is 2. The van der Waals surface area contributed by atoms with Crippen molar-refractivity contribution in [3.8, 4) is 0 Å². The van der Waals surface area contributed by atoms with Crippen LogP contribution in [0.2, 0.25) is 0 Å². The number of morpholine rings is 1. The van der Waals surface area contributed by atoms with Crippen LogP contribution in [0.5, 0.6) is 0 Å². The second-order valence-electron chi connectivity index (χ2n) is 4.58. The summed E-state index contributed by atoms with van der Waals surface area (Å²) < 4.78 is 5.20. The molecule has 7 heteroatoms. The number of likely N-dealkylation sites (tertiary alicyclic amines) is 1. The Kier molecular flexibility index (Phi) is 4.03. The molecule has 0 radical (unpaired) electrons. The lowest BCUT2D eigenvalue weighted by Crippen LogP contribution is -2.56. The number of aliphatic hydroxyl groups is 1. The first-order valence-electron chi connectivity index (χ1n) is 6.13. The van der Waals surface area contributed by atoms with E-state index in [0.717, 1.165) is 0 Å². The molecule has 2 rings (SSSR count). The van der Waals surface area contributed by atoms with Gasteiger partial charge in [-0.3, -0.25) is 0 Å². The Morgan fingerprint density at radius 1 is 1.28 bits per heavy atom. The number of hydrogen-bond acceptors (Lipinski definition) is 4. The Hall–Kier alpha value is -1.34. The van der Waals surface area contributed by atoms with Crippen molar-refractivity contribution in [3.63, 3.8) is 0 Å². The Labute approximate surface area is 105 Å². The molecular weight excluding hydrogens is 240 g/mol. The van der Waals surface area contributed by atoms with Crippen LogP contribution in [0.1, 0.15) is 12.8 Å². The molecule has 2 fully saturated rings. The van der Waals surface area contributed by atoms with Gasteiger partial charge in [0.2, 0.25) is 0 Å². The summed E-state index contributed by atoms with van der Waals surface area (Å²) >= 11 is 0. The second kappa shape index (κ2) is 5.53. The molecule has 0 bridgehead atoms. The minimum atomic E-state index is -0.963. The number of carboxylic acid groups (broad SMARTS) is 1. The predicted molar refractivity (Wildman–Crippen MR) is 61.2 cm³/mol. The van der Waals surface area contributed by atoms with E-state index in [2.05, 4.69) is 0 Å². The predicted octanol–water partition coefficient (Wildman–Crippen LogP) is -0.651. The molecule has 0 aromatic heterocycles. The fraction of sp³-hybridized carbons (Fsp3) is 0.818. The number of carbonyl (C=O) groups is 2. The first-order valence-corrected chi connectivity index (χ1v) is 6.13. The van der Waals surface area contributed by atoms with Gasteiger partial charge in [0.1, 0.15) is 6.04 Å². The molecule has 7 nitrogen and oxygen atoms in total. The van der Waals surface area contributed by atoms with Gasteiger partial charge < -0.3 is 24.7 Å². The molecule has 0 aromatic rings. The SMILES string of the molecule is O=C(O)[C@H]1CCCN1C(=O)N1CCOCC1CO. The first-order chi connectivity index (χ1) is 8.65. The molecule has 2 aliphatic rings. The van der Waals surface area contributed by atoms with E-state index in [0.29, 0.717) is 39.1 Å². The number of amides is 2. The van der Waals surface area contributed by atoms with E-state index in [1.54, 1.807) is 0 Å². The van der Waals surface area contributed by atoms with E-state index < -0.39 is 12.0 Å². The van der Waals surface area contributed by atoms with Gasteiger partial charge in [-0.05, 0) is 12.8 Å². The molecule has 2 atom stereocenters. The van der Waals surface area contributed by atoms with Crippen molar-refractivity contribution in [1.29, 1.82) is 0 Å². The van der Waals surface area contributed by atoms with Gasteiger partial charge in [0.15, 0.2) is 0 Å². The molecule has 0 spiro atoms. The zero-order valence-electron chi connectivity index (χ0n) is 10.1. The molecular formula is C11H18N2O5. The van der Waals surface area contributed by atoms with Gasteiger partial charge in [-0.2, -0.15) is 0 Å². The van der Waals surface area contributed by atoms with Gasteiger partial charge in [0, 0.05) is 13.1 Å². The minimum Gasteiger partial charge on any atom is -0.480 e. The standard InChI is InChI=1S/C11H18N2O5/c14-6-8-7-18-5-4-12(8)11(17)13-3-1-2-9(13)10(15)16/h8-9,14H,1-7H2,(H,15,16)/t8?,9-/m1/s1. The van der Waals surface area contributed by atoms with Crippen molar-refractivity contribution < 1.29 is 24.5 Å². The number of carboxylic acids is 1. The lowest BCUT2D eigenvalue weighted by Gasteiger charge is -2.37. The Balaban J connectivity index is 2.07. The lowest BCUT2D eigenvalue weighted by atomic mass is 10.2. The maximum atomic E-state index is 12.3. The summed E-state index contributed by atoms with van der Waals surface area (Å²) in [4.78, 5) is 26.3. The normalized spacial score (nSPS) is 28.5. The first kappa shape index (κ1) is 13.1. The van der Waals surface area contributed by atoms with Gasteiger partial charge in [0.05, 0.1) is 25.9 Å². The smallest absolute Gasteiger partial charge is 0.326 e. The molecule has 2 heterocycles. The molecule has 0 aromatic carbocycles. The Bertz CT molecular complexity index is 335. The van der Waals surface area contributed by atoms with Gasteiger partial charge in [-0.1, -0.05) is 0 Å². The highest BCUT2D eigenvalue weighted by Gasteiger charge is 2.38. The summed E-state index contributed by atoms with van der Waals surface area (Å²) in [5.41, 5.74) is 0. The van der Waals surface area contributed by atoms with Crippen molar-refractivity contribution >= 4 is 12.0 Å². The maximum Gasteiger partial charge on any atom is 0.326 e. The topological polar surface area (TPSA) is 90.3 Å². The molecule has 1 unspecified atom stereocenters. The maximum absolute atomic E-state index is 12.3. The van der Waals surface area contributed by atoms with Crippen LogP contribution in [0.4, 0.5) is 4.79 Å². The Morgan fingerprint density at radius 3 is 2.72 bits per heavy atom. The van der Waals surface area contributed by atoms with Gasteiger partial charge >= 0.3 is 12.0 Å². The molecule has 0 saturated carbocycles. The monoisotopic (exact) mass is 258 g/mol. The van der Waals surface area contributed by atoms with Crippen molar-refractivity contribution in [2.24, 2.45) is 0 Å². The van der Waals surface area contributed by atoms with E-state index in [9.17, 15) is 14.7 Å². The fourth-order valence-electron chi connectivity index (χ4n) is 2.48. The highest BCUT2D eigenvalue weighted by molar-refractivity contribution is 5.83. The summed E-state index contributed by atoms with van der Waals surface area (Å²) in [7, 11) is 0. The van der Waals surface area contributed by atoms with Crippen LogP contribution >= 0.6 is 0 Å². The average Bonchev–Trinajstić information content (AvgIpc) is 2.87. The molecule has 0 aliphatic carbocycles. The average molecular weight is 258 g/mol. The summed E-state index contributed by atoms with van der Waals surface area (Å²) in [5.74, 6) is -0.963. The van der Waals surface area contributed by atoms with Crippen molar-refractivity contribution in [3.05, 3.63) is 0 Å². The number of aliphatic carboxylic acids is 1. The van der Waals surface area contributed by atoms with Crippen LogP contribution in [0.15, 0.2) is 0 Å². The molecule has 2 saturated heterocycles. The molecule has 2 aliphatic heterocycles. The second-order valence-corrected chi connectivity index (χ2v) is 4.58. The number of urea groups is 1. The summed E-state index contributed by atoms with van der Waals surface area (Å²) in [6.45, 7) is 1.41. The molecule has 2 amide bonds. The zero-order chi connectivity index (χ0) is 13.1. The zero-order valence-corrected chi connectivity index (χ0v) is 10.1. The molecule has 18 heavy (non-hydrogen) atoms. The van der Waals surface area contributed by atoms with Crippen LogP contribution in [0.25, 0.3) is 0 Å². The third-order valence-electron chi connectivity index (χ3n) is 3.47. The van der Waals surface area contributed by atoms with E-state index in [-0.39, 0.29) is 18.7 Å². The lowest BCUT2D eigenvalue weighted by molar-refractivity contribution is -0.141. The molecule has 102 valence electrons. The van der Waals surface area contributed by atoms with E-state index in [1.165, 1.54) is 9.80 Å². The van der Waals surface area contributed by atoms with Crippen LogP contribution < -0.4 is 0 Å². The van der Waals surface area contributed by atoms with E-state index in [4.69, 9.17) is 9.84 Å². The van der Waals surface area contributed by atoms with Crippen LogP contribution in [-0.4, -0.2) is 77.0 Å². The number of ether oxygens (including phenoxy) is 1.